The lowest BCUT2D eigenvalue weighted by molar-refractivity contribution is 0.0696. The van der Waals surface area contributed by atoms with E-state index < -0.39 is 11.9 Å². The molecule has 0 heterocycles. The van der Waals surface area contributed by atoms with E-state index >= 15 is 0 Å². The molecule has 4 N–H and O–H groups in total. The molecule has 0 aliphatic rings. The van der Waals surface area contributed by atoms with Crippen molar-refractivity contribution in [3.05, 3.63) is 58.1 Å². The van der Waals surface area contributed by atoms with E-state index in [4.69, 9.17) is 22.4 Å². The van der Waals surface area contributed by atoms with Gasteiger partial charge in [0.1, 0.15) is 0 Å². The first kappa shape index (κ1) is 14.9. The van der Waals surface area contributed by atoms with E-state index in [1.807, 2.05) is 0 Å². The van der Waals surface area contributed by atoms with Crippen LogP contribution >= 0.6 is 11.6 Å². The third-order valence-corrected chi connectivity index (χ3v) is 3.30. The molecule has 0 saturated heterocycles. The number of aryl methyl sites for hydroxylation is 1. The number of rotatable bonds is 4. The normalized spacial score (nSPS) is 10.2. The van der Waals surface area contributed by atoms with Gasteiger partial charge in [-0.2, -0.15) is 0 Å². The van der Waals surface area contributed by atoms with Crippen LogP contribution in [0.3, 0.4) is 0 Å². The Hall–Kier alpha value is -2.53. The van der Waals surface area contributed by atoms with Gasteiger partial charge in [-0.05, 0) is 42.8 Å². The maximum absolute atomic E-state index is 11.1. The van der Waals surface area contributed by atoms with Crippen LogP contribution in [0.2, 0.25) is 5.02 Å². The number of nitrogens with two attached hydrogens (primary N) is 1. The van der Waals surface area contributed by atoms with Crippen molar-refractivity contribution >= 4 is 34.9 Å². The smallest absolute Gasteiger partial charge is 0.336 e. The van der Waals surface area contributed by atoms with E-state index in [0.717, 1.165) is 0 Å². The Balaban J connectivity index is 2.30. The highest BCUT2D eigenvalue weighted by Crippen LogP contribution is 2.24. The van der Waals surface area contributed by atoms with Gasteiger partial charge in [0.2, 0.25) is 5.91 Å². The molecule has 2 rings (SSSR count). The highest BCUT2D eigenvalue weighted by atomic mass is 35.5. The molecule has 0 aromatic heterocycles. The highest BCUT2D eigenvalue weighted by Gasteiger charge is 2.10. The second-order valence-electron chi connectivity index (χ2n) is 4.52. The van der Waals surface area contributed by atoms with Crippen LogP contribution in [0, 0.1) is 6.92 Å². The molecule has 0 bridgehead atoms. The van der Waals surface area contributed by atoms with Crippen LogP contribution in [0.1, 0.15) is 26.3 Å². The van der Waals surface area contributed by atoms with Gasteiger partial charge in [0.15, 0.2) is 0 Å². The molecule has 5 nitrogen and oxygen atoms in total. The number of nitrogens with one attached hydrogen (secondary N) is 1. The quantitative estimate of drug-likeness (QED) is 0.808. The maximum Gasteiger partial charge on any atom is 0.336 e. The van der Waals surface area contributed by atoms with E-state index in [1.54, 1.807) is 31.2 Å². The zero-order valence-electron chi connectivity index (χ0n) is 11.2. The number of anilines is 2. The molecule has 0 radical (unpaired) electrons. The lowest BCUT2D eigenvalue weighted by atomic mass is 10.1. The van der Waals surface area contributed by atoms with Gasteiger partial charge < -0.3 is 16.2 Å². The molecular weight excluding hydrogens is 292 g/mol. The monoisotopic (exact) mass is 304 g/mol. The summed E-state index contributed by atoms with van der Waals surface area (Å²) in [4.78, 5) is 22.2. The number of primary amides is 1. The summed E-state index contributed by atoms with van der Waals surface area (Å²) in [7, 11) is 0. The second-order valence-corrected chi connectivity index (χ2v) is 4.93. The second kappa shape index (κ2) is 5.85. The first-order valence-corrected chi connectivity index (χ1v) is 6.46. The Morgan fingerprint density at radius 2 is 1.71 bits per heavy atom. The van der Waals surface area contributed by atoms with E-state index in [1.165, 1.54) is 12.1 Å². The van der Waals surface area contributed by atoms with Gasteiger partial charge in [0.05, 0.1) is 16.1 Å². The lowest BCUT2D eigenvalue weighted by Crippen LogP contribution is -2.11. The van der Waals surface area contributed by atoms with Crippen LogP contribution in [0.25, 0.3) is 0 Å². The fourth-order valence-corrected chi connectivity index (χ4v) is 2.16. The van der Waals surface area contributed by atoms with Gasteiger partial charge in [-0.1, -0.05) is 17.7 Å². The summed E-state index contributed by atoms with van der Waals surface area (Å²) in [5.74, 6) is -1.59. The minimum Gasteiger partial charge on any atom is -0.478 e. The van der Waals surface area contributed by atoms with E-state index in [0.29, 0.717) is 16.9 Å². The zero-order valence-corrected chi connectivity index (χ0v) is 11.9. The van der Waals surface area contributed by atoms with Crippen LogP contribution < -0.4 is 11.1 Å². The van der Waals surface area contributed by atoms with Crippen molar-refractivity contribution in [2.24, 2.45) is 5.73 Å². The molecule has 108 valence electrons. The number of carbonyl (C=O) groups excluding carboxylic acids is 1. The Labute approximate surface area is 126 Å². The molecule has 0 fully saturated rings. The van der Waals surface area contributed by atoms with Crippen molar-refractivity contribution < 1.29 is 14.7 Å². The standard InChI is InChI=1S/C15H13ClN2O3/c1-8-2-3-9(6-12(8)15(20)21)18-10-4-5-11(14(17)19)13(16)7-10/h2-7,18H,1H3,(H2,17,19)(H,20,21). The fourth-order valence-electron chi connectivity index (χ4n) is 1.89. The number of carbonyl (C=O) groups is 2. The average Bonchev–Trinajstić information content (AvgIpc) is 2.40. The summed E-state index contributed by atoms with van der Waals surface area (Å²) in [6.07, 6.45) is 0. The van der Waals surface area contributed by atoms with Crippen molar-refractivity contribution in [2.75, 3.05) is 5.32 Å². The maximum atomic E-state index is 11.1. The van der Waals surface area contributed by atoms with Crippen LogP contribution in [0.15, 0.2) is 36.4 Å². The summed E-state index contributed by atoms with van der Waals surface area (Å²) >= 11 is 5.96. The van der Waals surface area contributed by atoms with Gasteiger partial charge in [-0.3, -0.25) is 4.79 Å². The summed E-state index contributed by atoms with van der Waals surface area (Å²) in [6, 6.07) is 9.73. The number of halogens is 1. The number of hydrogen-bond acceptors (Lipinski definition) is 3. The minimum absolute atomic E-state index is 0.222. The summed E-state index contributed by atoms with van der Waals surface area (Å²) < 4.78 is 0. The molecule has 0 aliphatic heterocycles. The molecular formula is C15H13ClN2O3. The van der Waals surface area contributed by atoms with Gasteiger partial charge in [0.25, 0.3) is 0 Å². The average molecular weight is 305 g/mol. The van der Waals surface area contributed by atoms with Crippen molar-refractivity contribution in [1.82, 2.24) is 0 Å². The Bertz CT molecular complexity index is 729. The number of aromatic carboxylic acids is 1. The van der Waals surface area contributed by atoms with Gasteiger partial charge >= 0.3 is 5.97 Å². The number of amides is 1. The predicted molar refractivity (Wildman–Crippen MR) is 81.4 cm³/mol. The molecule has 6 heteroatoms. The molecule has 2 aromatic rings. The molecule has 0 aliphatic carbocycles. The molecule has 2 aromatic carbocycles. The third-order valence-electron chi connectivity index (χ3n) is 2.99. The van der Waals surface area contributed by atoms with Crippen LogP contribution in [-0.4, -0.2) is 17.0 Å². The van der Waals surface area contributed by atoms with Gasteiger partial charge in [-0.15, -0.1) is 0 Å². The van der Waals surface area contributed by atoms with Crippen molar-refractivity contribution in [3.63, 3.8) is 0 Å². The van der Waals surface area contributed by atoms with Crippen LogP contribution in [0.4, 0.5) is 11.4 Å². The van der Waals surface area contributed by atoms with Crippen molar-refractivity contribution in [3.8, 4) is 0 Å². The van der Waals surface area contributed by atoms with Crippen molar-refractivity contribution in [1.29, 1.82) is 0 Å². The highest BCUT2D eigenvalue weighted by molar-refractivity contribution is 6.34. The van der Waals surface area contributed by atoms with E-state index in [-0.39, 0.29) is 16.1 Å². The Morgan fingerprint density at radius 3 is 2.29 bits per heavy atom. The molecule has 0 atom stereocenters. The topological polar surface area (TPSA) is 92.4 Å². The predicted octanol–water partition coefficient (Wildman–Crippen LogP) is 3.19. The fraction of sp³-hybridized carbons (Fsp3) is 0.0667. The zero-order chi connectivity index (χ0) is 15.6. The van der Waals surface area contributed by atoms with E-state index in [2.05, 4.69) is 5.32 Å². The SMILES string of the molecule is Cc1ccc(Nc2ccc(C(N)=O)c(Cl)c2)cc1C(=O)O. The van der Waals surface area contributed by atoms with Crippen LogP contribution in [0.5, 0.6) is 0 Å². The number of benzene rings is 2. The van der Waals surface area contributed by atoms with Crippen LogP contribution in [-0.2, 0) is 0 Å². The first-order valence-electron chi connectivity index (χ1n) is 6.09. The molecule has 0 spiro atoms. The third kappa shape index (κ3) is 3.32. The number of carboxylic acid groups (broad SMARTS) is 1. The largest absolute Gasteiger partial charge is 0.478 e. The summed E-state index contributed by atoms with van der Waals surface area (Å²) in [5.41, 5.74) is 7.55. The minimum atomic E-state index is -0.988. The molecule has 1 amide bonds. The Morgan fingerprint density at radius 1 is 1.10 bits per heavy atom. The van der Waals surface area contributed by atoms with Crippen molar-refractivity contribution in [2.45, 2.75) is 6.92 Å². The number of hydrogen-bond donors (Lipinski definition) is 3. The molecule has 21 heavy (non-hydrogen) atoms. The lowest BCUT2D eigenvalue weighted by Gasteiger charge is -2.10. The Kier molecular flexibility index (Phi) is 4.14. The summed E-state index contributed by atoms with van der Waals surface area (Å²) in [6.45, 7) is 1.73. The van der Waals surface area contributed by atoms with Gasteiger partial charge in [-0.25, -0.2) is 4.79 Å². The van der Waals surface area contributed by atoms with Gasteiger partial charge in [0, 0.05) is 11.4 Å². The van der Waals surface area contributed by atoms with E-state index in [9.17, 15) is 9.59 Å². The number of carboxylic acids is 1. The first-order chi connectivity index (χ1) is 9.88. The molecule has 0 saturated carbocycles. The summed E-state index contributed by atoms with van der Waals surface area (Å²) in [5, 5.41) is 12.4. The molecule has 0 unspecified atom stereocenters.